The average molecular weight is 485 g/mol. The molecule has 1 aromatic heterocycles. The first-order valence-electron chi connectivity index (χ1n) is 13.3. The minimum atomic E-state index is -1.29. The maximum Gasteiger partial charge on any atom is 0.328 e. The number of benzene rings is 1. The Labute approximate surface area is 207 Å². The Hall–Kier alpha value is -2.45. The second kappa shape index (κ2) is 11.5. The molecule has 2 fully saturated rings. The summed E-state index contributed by atoms with van der Waals surface area (Å²) in [7, 11) is 0. The number of aliphatic hydroxyl groups excluding tert-OH is 1. The molecule has 0 bridgehead atoms. The highest BCUT2D eigenvalue weighted by Gasteiger charge is 2.36. The van der Waals surface area contributed by atoms with E-state index in [2.05, 4.69) is 29.0 Å². The summed E-state index contributed by atoms with van der Waals surface area (Å²) in [5, 5.41) is 21.5. The summed E-state index contributed by atoms with van der Waals surface area (Å²) in [6.45, 7) is 3.80. The maximum atomic E-state index is 13.6. The van der Waals surface area contributed by atoms with E-state index in [1.165, 1.54) is 51.4 Å². The quantitative estimate of drug-likeness (QED) is 0.516. The molecule has 8 nitrogen and oxygen atoms in total. The number of aliphatic hydroxyl groups is 1. The number of nitrogens with one attached hydrogen (secondary N) is 1. The smallest absolute Gasteiger partial charge is 0.328 e. The van der Waals surface area contributed by atoms with E-state index < -0.39 is 18.6 Å². The number of hydrogen-bond donors (Lipinski definition) is 3. The molecule has 0 amide bonds. The largest absolute Gasteiger partial charge is 0.480 e. The van der Waals surface area contributed by atoms with Crippen LogP contribution in [0.3, 0.4) is 0 Å². The molecule has 1 aliphatic heterocycles. The Morgan fingerprint density at radius 1 is 1.11 bits per heavy atom. The molecule has 1 saturated carbocycles. The molecule has 2 heterocycles. The number of carbonyl (C=O) groups is 1. The number of anilines is 1. The predicted octanol–water partition coefficient (Wildman–Crippen LogP) is 4.17. The normalized spacial score (nSPS) is 24.1. The Bertz CT molecular complexity index is 1060. The Morgan fingerprint density at radius 2 is 1.80 bits per heavy atom. The molecule has 2 aromatic rings. The van der Waals surface area contributed by atoms with Crippen molar-refractivity contribution in [3.8, 4) is 0 Å². The Morgan fingerprint density at radius 3 is 2.49 bits per heavy atom. The van der Waals surface area contributed by atoms with E-state index in [-0.39, 0.29) is 17.4 Å². The zero-order chi connectivity index (χ0) is 24.9. The van der Waals surface area contributed by atoms with Gasteiger partial charge < -0.3 is 20.1 Å². The van der Waals surface area contributed by atoms with Crippen LogP contribution in [0.2, 0.25) is 0 Å². The van der Waals surface area contributed by atoms with Gasteiger partial charge in [-0.15, -0.1) is 0 Å². The highest BCUT2D eigenvalue weighted by molar-refractivity contribution is 5.79. The van der Waals surface area contributed by atoms with Crippen LogP contribution >= 0.6 is 0 Å². The number of likely N-dealkylation sites (tertiary alicyclic amines) is 1. The van der Waals surface area contributed by atoms with Crippen molar-refractivity contribution in [2.45, 2.75) is 108 Å². The predicted molar refractivity (Wildman–Crippen MR) is 138 cm³/mol. The third-order valence-corrected chi connectivity index (χ3v) is 7.99. The minimum Gasteiger partial charge on any atom is -0.480 e. The first-order valence-corrected chi connectivity index (χ1v) is 13.3. The Balaban J connectivity index is 1.63. The van der Waals surface area contributed by atoms with Crippen LogP contribution < -0.4 is 10.9 Å². The van der Waals surface area contributed by atoms with Gasteiger partial charge in [-0.05, 0) is 58.1 Å². The van der Waals surface area contributed by atoms with Gasteiger partial charge >= 0.3 is 5.97 Å². The van der Waals surface area contributed by atoms with Crippen LogP contribution in [0.15, 0.2) is 29.1 Å². The van der Waals surface area contributed by atoms with E-state index in [1.54, 1.807) is 4.57 Å². The number of aliphatic carboxylic acids is 1. The topological polar surface area (TPSA) is 108 Å². The van der Waals surface area contributed by atoms with E-state index in [4.69, 9.17) is 0 Å². The molecular formula is C27H40N4O4. The van der Waals surface area contributed by atoms with Crippen molar-refractivity contribution in [1.29, 1.82) is 0 Å². The van der Waals surface area contributed by atoms with E-state index in [9.17, 15) is 19.8 Å². The zero-order valence-corrected chi connectivity index (χ0v) is 21.0. The van der Waals surface area contributed by atoms with Gasteiger partial charge in [0.15, 0.2) is 5.82 Å². The summed E-state index contributed by atoms with van der Waals surface area (Å²) in [6, 6.07) is 7.70. The average Bonchev–Trinajstić information content (AvgIpc) is 3.17. The van der Waals surface area contributed by atoms with Crippen LogP contribution in [0, 0.1) is 0 Å². The van der Waals surface area contributed by atoms with Gasteiger partial charge in [0.1, 0.15) is 6.04 Å². The van der Waals surface area contributed by atoms with Crippen molar-refractivity contribution in [3.05, 3.63) is 34.6 Å². The van der Waals surface area contributed by atoms with Crippen LogP contribution in [-0.4, -0.2) is 61.4 Å². The van der Waals surface area contributed by atoms with Gasteiger partial charge in [0.2, 0.25) is 0 Å². The molecular weight excluding hydrogens is 444 g/mol. The number of hydrogen-bond acceptors (Lipinski definition) is 6. The fourth-order valence-electron chi connectivity index (χ4n) is 6.26. The van der Waals surface area contributed by atoms with Crippen LogP contribution in [0.1, 0.15) is 84.1 Å². The SMILES string of the molecule is CC1CC[C@@H](C[C@H](C)n2c(=O)c(N[C@@H](CO)C(=O)O)nc3ccccc32)N1C1CCCCCCC1. The molecule has 1 aromatic carbocycles. The summed E-state index contributed by atoms with van der Waals surface area (Å²) >= 11 is 0. The third kappa shape index (κ3) is 5.70. The number of rotatable bonds is 8. The first kappa shape index (κ1) is 25.6. The molecule has 1 saturated heterocycles. The molecule has 1 unspecified atom stereocenters. The number of nitrogens with zero attached hydrogens (tertiary/aromatic N) is 3. The third-order valence-electron chi connectivity index (χ3n) is 7.99. The van der Waals surface area contributed by atoms with E-state index in [1.807, 2.05) is 24.3 Å². The van der Waals surface area contributed by atoms with Crippen molar-refractivity contribution < 1.29 is 15.0 Å². The first-order chi connectivity index (χ1) is 16.9. The molecule has 0 radical (unpaired) electrons. The summed E-state index contributed by atoms with van der Waals surface area (Å²) in [6.07, 6.45) is 12.3. The number of fused-ring (bicyclic) bond motifs is 1. The lowest BCUT2D eigenvalue weighted by Crippen LogP contribution is -2.44. The van der Waals surface area contributed by atoms with Crippen molar-refractivity contribution in [2.24, 2.45) is 0 Å². The molecule has 192 valence electrons. The Kier molecular flexibility index (Phi) is 8.44. The molecule has 3 N–H and O–H groups in total. The number of para-hydroxylation sites is 2. The molecule has 0 spiro atoms. The van der Waals surface area contributed by atoms with Gasteiger partial charge in [0, 0.05) is 24.2 Å². The molecule has 2 aliphatic rings. The monoisotopic (exact) mass is 484 g/mol. The summed E-state index contributed by atoms with van der Waals surface area (Å²) in [5.41, 5.74) is 1.02. The van der Waals surface area contributed by atoms with Gasteiger partial charge in [0.25, 0.3) is 5.56 Å². The molecule has 4 atom stereocenters. The van der Waals surface area contributed by atoms with E-state index in [0.717, 1.165) is 18.4 Å². The fourth-order valence-corrected chi connectivity index (χ4v) is 6.26. The van der Waals surface area contributed by atoms with Gasteiger partial charge in [0.05, 0.1) is 17.6 Å². The van der Waals surface area contributed by atoms with Crippen molar-refractivity contribution in [2.75, 3.05) is 11.9 Å². The fraction of sp³-hybridized carbons (Fsp3) is 0.667. The number of carboxylic acids is 1. The second-order valence-electron chi connectivity index (χ2n) is 10.5. The lowest BCUT2D eigenvalue weighted by Gasteiger charge is -2.38. The summed E-state index contributed by atoms with van der Waals surface area (Å²) in [5.74, 6) is -1.26. The maximum absolute atomic E-state index is 13.6. The summed E-state index contributed by atoms with van der Waals surface area (Å²) in [4.78, 5) is 32.2. The highest BCUT2D eigenvalue weighted by Crippen LogP contribution is 2.35. The van der Waals surface area contributed by atoms with Crippen molar-refractivity contribution in [1.82, 2.24) is 14.5 Å². The van der Waals surface area contributed by atoms with Crippen LogP contribution in [0.4, 0.5) is 5.82 Å². The lowest BCUT2D eigenvalue weighted by molar-refractivity contribution is -0.138. The van der Waals surface area contributed by atoms with Crippen molar-refractivity contribution in [3.63, 3.8) is 0 Å². The summed E-state index contributed by atoms with van der Waals surface area (Å²) < 4.78 is 1.76. The number of carboxylic acid groups (broad SMARTS) is 1. The molecule has 1 aliphatic carbocycles. The highest BCUT2D eigenvalue weighted by atomic mass is 16.4. The van der Waals surface area contributed by atoms with E-state index in [0.29, 0.717) is 23.6 Å². The molecule has 4 rings (SSSR count). The van der Waals surface area contributed by atoms with Gasteiger partial charge in [-0.2, -0.15) is 0 Å². The van der Waals surface area contributed by atoms with Gasteiger partial charge in [-0.1, -0.05) is 44.2 Å². The standard InChI is InChI=1S/C27H40N4O4/c1-18-14-15-21(30(18)20-10-6-4-3-5-7-11-20)16-19(2)31-24-13-9-8-12-22(24)28-25(26(31)33)29-23(17-32)27(34)35/h8-9,12-13,18-21,23,32H,3-7,10-11,14-17H2,1-2H3,(H,28,29)(H,34,35)/t18?,19-,21-,23-/m0/s1. The van der Waals surface area contributed by atoms with Crippen molar-refractivity contribution >= 4 is 22.8 Å². The second-order valence-corrected chi connectivity index (χ2v) is 10.5. The zero-order valence-electron chi connectivity index (χ0n) is 21.0. The van der Waals surface area contributed by atoms with Gasteiger partial charge in [-0.25, -0.2) is 9.78 Å². The number of aromatic nitrogens is 2. The lowest BCUT2D eigenvalue weighted by atomic mass is 9.94. The minimum absolute atomic E-state index is 0.0336. The van der Waals surface area contributed by atoms with Gasteiger partial charge in [-0.3, -0.25) is 9.69 Å². The molecule has 35 heavy (non-hydrogen) atoms. The van der Waals surface area contributed by atoms with E-state index >= 15 is 0 Å². The van der Waals surface area contributed by atoms with Crippen LogP contribution in [0.5, 0.6) is 0 Å². The van der Waals surface area contributed by atoms with Crippen LogP contribution in [-0.2, 0) is 4.79 Å². The van der Waals surface area contributed by atoms with Crippen LogP contribution in [0.25, 0.3) is 11.0 Å². The molecule has 8 heteroatoms.